The Morgan fingerprint density at radius 1 is 1.00 bits per heavy atom. The maximum atomic E-state index is 12.3. The number of hydrogen-bond donors (Lipinski definition) is 0. The van der Waals surface area contributed by atoms with Gasteiger partial charge in [-0.1, -0.05) is 29.8 Å². The quantitative estimate of drug-likeness (QED) is 0.624. The van der Waals surface area contributed by atoms with Gasteiger partial charge in [-0.25, -0.2) is 19.6 Å². The molecule has 0 spiro atoms. The molecule has 0 atom stereocenters. The van der Waals surface area contributed by atoms with Crippen LogP contribution in [-0.2, 0) is 16.1 Å². The number of pyridine rings is 1. The summed E-state index contributed by atoms with van der Waals surface area (Å²) in [5.41, 5.74) is 1.31. The van der Waals surface area contributed by atoms with E-state index in [9.17, 15) is 9.59 Å². The molecule has 0 aliphatic carbocycles. The van der Waals surface area contributed by atoms with Gasteiger partial charge in [-0.2, -0.15) is 0 Å². The zero-order valence-corrected chi connectivity index (χ0v) is 15.0. The van der Waals surface area contributed by atoms with E-state index >= 15 is 0 Å². The Hall–Kier alpha value is -3.32. The lowest BCUT2D eigenvalue weighted by Crippen LogP contribution is -2.10. The third-order valence-electron chi connectivity index (χ3n) is 3.60. The normalized spacial score (nSPS) is 10.3. The van der Waals surface area contributed by atoms with E-state index in [0.29, 0.717) is 17.1 Å². The van der Waals surface area contributed by atoms with Crippen molar-refractivity contribution >= 4 is 23.5 Å². The topological polar surface area (TPSA) is 91.3 Å². The Kier molecular flexibility index (Phi) is 5.73. The number of methoxy groups -OCH3 is 1. The van der Waals surface area contributed by atoms with Gasteiger partial charge in [0.1, 0.15) is 12.3 Å². The standard InChI is InChI=1S/C19H14ClN3O4/c1-26-18(24)13-6-4-5-12(16(13)20)11-27-19(25)15-8-10-22-17(23-15)14-7-2-3-9-21-14/h2-10H,11H2,1H3. The predicted octanol–water partition coefficient (Wildman–Crippen LogP) is 3.34. The molecular formula is C19H14ClN3O4. The average Bonchev–Trinajstić information content (AvgIpc) is 2.73. The molecule has 2 heterocycles. The van der Waals surface area contributed by atoms with Crippen LogP contribution in [0.4, 0.5) is 0 Å². The van der Waals surface area contributed by atoms with E-state index in [2.05, 4.69) is 19.7 Å². The molecule has 0 bridgehead atoms. The van der Waals surface area contributed by atoms with E-state index in [1.165, 1.54) is 25.4 Å². The Morgan fingerprint density at radius 3 is 2.59 bits per heavy atom. The highest BCUT2D eigenvalue weighted by Crippen LogP contribution is 2.23. The van der Waals surface area contributed by atoms with Crippen molar-refractivity contribution in [2.24, 2.45) is 0 Å². The van der Waals surface area contributed by atoms with Crippen molar-refractivity contribution in [3.8, 4) is 11.5 Å². The molecular weight excluding hydrogens is 370 g/mol. The number of ether oxygens (including phenoxy) is 2. The third kappa shape index (κ3) is 4.27. The minimum Gasteiger partial charge on any atom is -0.465 e. The average molecular weight is 384 g/mol. The summed E-state index contributed by atoms with van der Waals surface area (Å²) in [6, 6.07) is 11.6. The first kappa shape index (κ1) is 18.5. The summed E-state index contributed by atoms with van der Waals surface area (Å²) in [5, 5.41) is 0.175. The minimum atomic E-state index is -0.644. The highest BCUT2D eigenvalue weighted by molar-refractivity contribution is 6.34. The number of halogens is 1. The van der Waals surface area contributed by atoms with Crippen molar-refractivity contribution in [1.29, 1.82) is 0 Å². The van der Waals surface area contributed by atoms with E-state index in [1.807, 2.05) is 0 Å². The fourth-order valence-corrected chi connectivity index (χ4v) is 2.52. The van der Waals surface area contributed by atoms with Crippen LogP contribution in [0.1, 0.15) is 26.4 Å². The number of rotatable bonds is 5. The summed E-state index contributed by atoms with van der Waals surface area (Å²) in [6.45, 7) is -0.120. The maximum Gasteiger partial charge on any atom is 0.357 e. The lowest BCUT2D eigenvalue weighted by molar-refractivity contribution is 0.0466. The van der Waals surface area contributed by atoms with Crippen molar-refractivity contribution in [1.82, 2.24) is 15.0 Å². The van der Waals surface area contributed by atoms with E-state index in [0.717, 1.165) is 0 Å². The molecule has 3 aromatic rings. The summed E-state index contributed by atoms with van der Waals surface area (Å²) in [6.07, 6.45) is 3.07. The molecule has 0 saturated carbocycles. The van der Waals surface area contributed by atoms with E-state index in [-0.39, 0.29) is 22.9 Å². The SMILES string of the molecule is COC(=O)c1cccc(COC(=O)c2ccnc(-c3ccccn3)n2)c1Cl. The second-order valence-electron chi connectivity index (χ2n) is 5.33. The number of hydrogen-bond acceptors (Lipinski definition) is 7. The Labute approximate surface area is 160 Å². The first-order chi connectivity index (χ1) is 13.1. The summed E-state index contributed by atoms with van der Waals surface area (Å²) in [4.78, 5) is 36.4. The van der Waals surface area contributed by atoms with Crippen molar-refractivity contribution in [2.75, 3.05) is 7.11 Å². The number of esters is 2. The van der Waals surface area contributed by atoms with Gasteiger partial charge in [0.15, 0.2) is 11.5 Å². The molecule has 0 amide bonds. The van der Waals surface area contributed by atoms with Crippen molar-refractivity contribution in [3.63, 3.8) is 0 Å². The van der Waals surface area contributed by atoms with Crippen LogP contribution in [0.5, 0.6) is 0 Å². The van der Waals surface area contributed by atoms with Gasteiger partial charge in [-0.15, -0.1) is 0 Å². The van der Waals surface area contributed by atoms with Gasteiger partial charge in [0.25, 0.3) is 0 Å². The second kappa shape index (κ2) is 8.37. The van der Waals surface area contributed by atoms with Gasteiger partial charge < -0.3 is 9.47 Å². The van der Waals surface area contributed by atoms with Crippen LogP contribution in [0.25, 0.3) is 11.5 Å². The van der Waals surface area contributed by atoms with E-state index in [1.54, 1.807) is 36.5 Å². The lowest BCUT2D eigenvalue weighted by Gasteiger charge is -2.09. The largest absolute Gasteiger partial charge is 0.465 e. The third-order valence-corrected chi connectivity index (χ3v) is 4.05. The molecule has 27 heavy (non-hydrogen) atoms. The molecule has 1 aromatic carbocycles. The number of carbonyl (C=O) groups is 2. The molecule has 0 aliphatic heterocycles. The van der Waals surface area contributed by atoms with Gasteiger partial charge in [-0.05, 0) is 24.3 Å². The second-order valence-corrected chi connectivity index (χ2v) is 5.70. The smallest absolute Gasteiger partial charge is 0.357 e. The first-order valence-electron chi connectivity index (χ1n) is 7.87. The molecule has 8 heteroatoms. The van der Waals surface area contributed by atoms with Crippen molar-refractivity contribution < 1.29 is 19.1 Å². The molecule has 0 fully saturated rings. The number of aromatic nitrogens is 3. The van der Waals surface area contributed by atoms with Gasteiger partial charge in [-0.3, -0.25) is 4.98 Å². The molecule has 0 N–H and O–H groups in total. The Bertz CT molecular complexity index is 980. The lowest BCUT2D eigenvalue weighted by atomic mass is 10.1. The highest BCUT2D eigenvalue weighted by Gasteiger charge is 2.16. The van der Waals surface area contributed by atoms with E-state index in [4.69, 9.17) is 16.3 Å². The highest BCUT2D eigenvalue weighted by atomic mass is 35.5. The molecule has 0 radical (unpaired) electrons. The minimum absolute atomic E-state index is 0.0888. The molecule has 7 nitrogen and oxygen atoms in total. The fraction of sp³-hybridized carbons (Fsp3) is 0.105. The molecule has 3 rings (SSSR count). The number of nitrogens with zero attached hydrogens (tertiary/aromatic N) is 3. The molecule has 0 saturated heterocycles. The summed E-state index contributed by atoms with van der Waals surface area (Å²) >= 11 is 6.19. The number of benzene rings is 1. The molecule has 2 aromatic heterocycles. The van der Waals surface area contributed by atoms with Gasteiger partial charge in [0.05, 0.1) is 17.7 Å². The Balaban J connectivity index is 1.75. The van der Waals surface area contributed by atoms with Gasteiger partial charge in [0.2, 0.25) is 0 Å². The van der Waals surface area contributed by atoms with Crippen LogP contribution >= 0.6 is 11.6 Å². The van der Waals surface area contributed by atoms with Crippen LogP contribution in [0.15, 0.2) is 54.9 Å². The monoisotopic (exact) mass is 383 g/mol. The summed E-state index contributed by atoms with van der Waals surface area (Å²) in [5.74, 6) is -0.895. The summed E-state index contributed by atoms with van der Waals surface area (Å²) in [7, 11) is 1.26. The maximum absolute atomic E-state index is 12.3. The Morgan fingerprint density at radius 2 is 1.85 bits per heavy atom. The summed E-state index contributed by atoms with van der Waals surface area (Å²) < 4.78 is 9.94. The van der Waals surface area contributed by atoms with Crippen LogP contribution in [0, 0.1) is 0 Å². The zero-order chi connectivity index (χ0) is 19.2. The van der Waals surface area contributed by atoms with Crippen LogP contribution in [0.3, 0.4) is 0 Å². The predicted molar refractivity (Wildman–Crippen MR) is 97.2 cm³/mol. The fourth-order valence-electron chi connectivity index (χ4n) is 2.27. The van der Waals surface area contributed by atoms with Crippen molar-refractivity contribution in [2.45, 2.75) is 6.61 Å². The van der Waals surface area contributed by atoms with Gasteiger partial charge >= 0.3 is 11.9 Å². The van der Waals surface area contributed by atoms with Crippen molar-refractivity contribution in [3.05, 3.63) is 76.7 Å². The van der Waals surface area contributed by atoms with E-state index < -0.39 is 11.9 Å². The molecule has 0 unspecified atom stereocenters. The first-order valence-corrected chi connectivity index (χ1v) is 8.25. The van der Waals surface area contributed by atoms with Crippen LogP contribution in [0.2, 0.25) is 5.02 Å². The van der Waals surface area contributed by atoms with Gasteiger partial charge in [0, 0.05) is 18.0 Å². The zero-order valence-electron chi connectivity index (χ0n) is 14.3. The molecule has 0 aliphatic rings. The number of carbonyl (C=O) groups excluding carboxylic acids is 2. The molecule has 136 valence electrons. The van der Waals surface area contributed by atoms with Crippen LogP contribution < -0.4 is 0 Å². The van der Waals surface area contributed by atoms with Crippen LogP contribution in [-0.4, -0.2) is 34.0 Å².